The molecular formula is C28H45N7O8. The fourth-order valence-electron chi connectivity index (χ4n) is 4.44. The molecule has 0 aromatic heterocycles. The number of nitrogens with zero attached hydrogens (tertiary/aromatic N) is 1. The minimum absolute atomic E-state index is 0.00951. The van der Waals surface area contributed by atoms with E-state index >= 15 is 0 Å². The van der Waals surface area contributed by atoms with Gasteiger partial charge in [-0.15, -0.1) is 0 Å². The average Bonchev–Trinajstić information content (AvgIpc) is 2.88. The molecule has 1 aromatic carbocycles. The lowest BCUT2D eigenvalue weighted by atomic mass is 9.95. The summed E-state index contributed by atoms with van der Waals surface area (Å²) in [6.45, 7) is 7.24. The number of nitrogens with one attached hydrogen (secondary N) is 3. The summed E-state index contributed by atoms with van der Waals surface area (Å²) in [7, 11) is 0. The van der Waals surface area contributed by atoms with E-state index in [-0.39, 0.29) is 49.9 Å². The third-order valence-corrected chi connectivity index (χ3v) is 6.62. The predicted molar refractivity (Wildman–Crippen MR) is 159 cm³/mol. The van der Waals surface area contributed by atoms with Crippen molar-refractivity contribution in [3.05, 3.63) is 28.8 Å². The number of aromatic hydroxyl groups is 1. The number of hydrogen-bond acceptors (Lipinski definition) is 8. The number of phenols is 1. The number of carboxylic acid groups (broad SMARTS) is 2. The number of nitrogens with two attached hydrogens (primary N) is 3. The average molecular weight is 608 g/mol. The second kappa shape index (κ2) is 17.5. The Balaban J connectivity index is 3.21. The quantitative estimate of drug-likeness (QED) is 0.0576. The van der Waals surface area contributed by atoms with Gasteiger partial charge in [0.2, 0.25) is 17.7 Å². The lowest BCUT2D eigenvalue weighted by molar-refractivity contribution is -0.142. The van der Waals surface area contributed by atoms with Gasteiger partial charge in [0.05, 0.1) is 6.04 Å². The highest BCUT2D eigenvalue weighted by molar-refractivity contribution is 5.94. The largest absolute Gasteiger partial charge is 0.508 e. The number of aliphatic carboxylic acids is 2. The number of carbonyl (C=O) groups excluding carboxylic acids is 3. The van der Waals surface area contributed by atoms with Crippen LogP contribution >= 0.6 is 0 Å². The molecule has 0 radical (unpaired) electrons. The Morgan fingerprint density at radius 3 is 1.86 bits per heavy atom. The standard InChI is InChI=1S/C28H45N7O8/c1-14(2)10-19(29)24(39)33-21(7-8-23(37)38)26(41)34-20(6-5-9-32-28(30)31)25(40)35-22(27(42)43)13-18-15(3)11-17(36)12-16(18)4/h11-12,14,19-22,36H,5-10,13,29H2,1-4H3,(H,33,39)(H,34,41)(H,35,40)(H,37,38)(H,42,43)(H4,30,31,32)/t19-,20+,21-,22-/m0/s1. The monoisotopic (exact) mass is 607 g/mol. The number of carbonyl (C=O) groups is 5. The Hall–Kier alpha value is -4.40. The van der Waals surface area contributed by atoms with Gasteiger partial charge in [0.1, 0.15) is 23.9 Å². The zero-order valence-corrected chi connectivity index (χ0v) is 25.1. The van der Waals surface area contributed by atoms with Crippen LogP contribution in [-0.2, 0) is 30.4 Å². The zero-order valence-electron chi connectivity index (χ0n) is 25.1. The van der Waals surface area contributed by atoms with E-state index in [1.54, 1.807) is 13.8 Å². The molecule has 4 atom stereocenters. The van der Waals surface area contributed by atoms with Crippen molar-refractivity contribution in [2.24, 2.45) is 28.1 Å². The molecule has 0 heterocycles. The summed E-state index contributed by atoms with van der Waals surface area (Å²) < 4.78 is 0. The summed E-state index contributed by atoms with van der Waals surface area (Å²) in [6.07, 6.45) is -0.295. The van der Waals surface area contributed by atoms with Crippen LogP contribution in [0.5, 0.6) is 5.75 Å². The van der Waals surface area contributed by atoms with Crippen LogP contribution in [0.3, 0.4) is 0 Å². The molecule has 0 fully saturated rings. The van der Waals surface area contributed by atoms with Gasteiger partial charge in [0, 0.05) is 19.4 Å². The second-order valence-electron chi connectivity index (χ2n) is 10.9. The molecule has 1 aromatic rings. The Bertz CT molecular complexity index is 1160. The molecule has 0 aliphatic carbocycles. The first-order chi connectivity index (χ1) is 20.0. The first kappa shape index (κ1) is 36.6. The molecule has 0 aliphatic rings. The molecule has 0 saturated carbocycles. The Morgan fingerprint density at radius 2 is 1.37 bits per heavy atom. The maximum Gasteiger partial charge on any atom is 0.326 e. The zero-order chi connectivity index (χ0) is 32.9. The van der Waals surface area contributed by atoms with E-state index < -0.39 is 60.2 Å². The molecule has 0 unspecified atom stereocenters. The molecule has 0 spiro atoms. The molecule has 15 nitrogen and oxygen atoms in total. The number of carboxylic acids is 2. The fourth-order valence-corrected chi connectivity index (χ4v) is 4.44. The van der Waals surface area contributed by atoms with Crippen LogP contribution in [0.4, 0.5) is 0 Å². The van der Waals surface area contributed by atoms with Gasteiger partial charge in [-0.25, -0.2) is 4.79 Å². The number of phenolic OH excluding ortho intramolecular Hbond substituents is 1. The normalized spacial score (nSPS) is 13.7. The van der Waals surface area contributed by atoms with Gasteiger partial charge in [-0.3, -0.25) is 24.2 Å². The first-order valence-electron chi connectivity index (χ1n) is 14.0. The van der Waals surface area contributed by atoms with Crippen molar-refractivity contribution < 1.29 is 39.3 Å². The summed E-state index contributed by atoms with van der Waals surface area (Å²) in [5.41, 5.74) is 18.5. The van der Waals surface area contributed by atoms with Gasteiger partial charge >= 0.3 is 11.9 Å². The summed E-state index contributed by atoms with van der Waals surface area (Å²) in [5, 5.41) is 36.3. The van der Waals surface area contributed by atoms with E-state index in [0.717, 1.165) is 0 Å². The molecule has 240 valence electrons. The minimum atomic E-state index is -1.39. The molecule has 0 saturated heterocycles. The van der Waals surface area contributed by atoms with Gasteiger partial charge in [0.25, 0.3) is 0 Å². The summed E-state index contributed by atoms with van der Waals surface area (Å²) in [5.74, 6) is -4.91. The van der Waals surface area contributed by atoms with Crippen molar-refractivity contribution in [1.29, 1.82) is 0 Å². The summed E-state index contributed by atoms with van der Waals surface area (Å²) in [4.78, 5) is 66.5. The molecule has 1 rings (SSSR count). The number of rotatable bonds is 18. The van der Waals surface area contributed by atoms with E-state index in [9.17, 15) is 34.2 Å². The summed E-state index contributed by atoms with van der Waals surface area (Å²) >= 11 is 0. The third-order valence-electron chi connectivity index (χ3n) is 6.62. The van der Waals surface area contributed by atoms with Crippen molar-refractivity contribution >= 4 is 35.6 Å². The smallest absolute Gasteiger partial charge is 0.326 e. The van der Waals surface area contributed by atoms with E-state index in [4.69, 9.17) is 22.3 Å². The minimum Gasteiger partial charge on any atom is -0.508 e. The second-order valence-corrected chi connectivity index (χ2v) is 10.9. The lowest BCUT2D eigenvalue weighted by Crippen LogP contribution is -2.57. The van der Waals surface area contributed by atoms with Gasteiger partial charge in [-0.1, -0.05) is 13.8 Å². The van der Waals surface area contributed by atoms with Gasteiger partial charge in [-0.2, -0.15) is 0 Å². The number of guanidine groups is 1. The lowest BCUT2D eigenvalue weighted by Gasteiger charge is -2.25. The summed E-state index contributed by atoms with van der Waals surface area (Å²) in [6, 6.07) is -1.97. The molecule has 3 amide bonds. The van der Waals surface area contributed by atoms with Crippen molar-refractivity contribution in [1.82, 2.24) is 16.0 Å². The van der Waals surface area contributed by atoms with E-state index in [2.05, 4.69) is 20.9 Å². The maximum absolute atomic E-state index is 13.4. The van der Waals surface area contributed by atoms with Crippen LogP contribution < -0.4 is 33.2 Å². The van der Waals surface area contributed by atoms with Crippen LogP contribution in [-0.4, -0.2) is 81.7 Å². The maximum atomic E-state index is 13.4. The number of aryl methyl sites for hydroxylation is 2. The molecule has 0 aliphatic heterocycles. The fraction of sp³-hybridized carbons (Fsp3) is 0.571. The molecule has 15 heteroatoms. The van der Waals surface area contributed by atoms with E-state index in [0.29, 0.717) is 23.1 Å². The van der Waals surface area contributed by atoms with Crippen molar-refractivity contribution in [2.45, 2.75) is 90.4 Å². The number of amides is 3. The molecule has 12 N–H and O–H groups in total. The number of hydrogen-bond donors (Lipinski definition) is 9. The highest BCUT2D eigenvalue weighted by Gasteiger charge is 2.31. The highest BCUT2D eigenvalue weighted by Crippen LogP contribution is 2.22. The number of aliphatic imine (C=N–C) groups is 1. The van der Waals surface area contributed by atoms with Gasteiger partial charge in [-0.05, 0) is 74.3 Å². The molecule has 0 bridgehead atoms. The highest BCUT2D eigenvalue weighted by atomic mass is 16.4. The van der Waals surface area contributed by atoms with Crippen LogP contribution in [0.25, 0.3) is 0 Å². The SMILES string of the molecule is Cc1cc(O)cc(C)c1C[C@H](NC(=O)[C@@H](CCCN=C(N)N)NC(=O)[C@H](CCC(=O)O)NC(=O)[C@@H](N)CC(C)C)C(=O)O. The van der Waals surface area contributed by atoms with Gasteiger partial charge in [0.15, 0.2) is 5.96 Å². The van der Waals surface area contributed by atoms with E-state index in [1.165, 1.54) is 12.1 Å². The van der Waals surface area contributed by atoms with Crippen LogP contribution in [0, 0.1) is 19.8 Å². The van der Waals surface area contributed by atoms with Crippen molar-refractivity contribution in [3.63, 3.8) is 0 Å². The Morgan fingerprint density at radius 1 is 0.860 bits per heavy atom. The third kappa shape index (κ3) is 13.4. The first-order valence-corrected chi connectivity index (χ1v) is 14.0. The number of benzene rings is 1. The van der Waals surface area contributed by atoms with Crippen LogP contribution in [0.1, 0.15) is 62.6 Å². The topological polar surface area (TPSA) is 273 Å². The van der Waals surface area contributed by atoms with Crippen LogP contribution in [0.15, 0.2) is 17.1 Å². The van der Waals surface area contributed by atoms with E-state index in [1.807, 2.05) is 13.8 Å². The predicted octanol–water partition coefficient (Wildman–Crippen LogP) is -0.618. The Labute approximate surface area is 250 Å². The molecular weight excluding hydrogens is 562 g/mol. The Kier molecular flexibility index (Phi) is 14.9. The van der Waals surface area contributed by atoms with Crippen molar-refractivity contribution in [2.75, 3.05) is 6.54 Å². The molecule has 43 heavy (non-hydrogen) atoms. The van der Waals surface area contributed by atoms with Gasteiger partial charge < -0.3 is 48.5 Å². The van der Waals surface area contributed by atoms with Crippen molar-refractivity contribution in [3.8, 4) is 5.75 Å². The van der Waals surface area contributed by atoms with Crippen LogP contribution in [0.2, 0.25) is 0 Å².